The van der Waals surface area contributed by atoms with Gasteiger partial charge in [-0.25, -0.2) is 0 Å². The van der Waals surface area contributed by atoms with E-state index in [9.17, 15) is 0 Å². The number of aryl methyl sites for hydroxylation is 6. The van der Waals surface area contributed by atoms with E-state index in [0.717, 1.165) is 0 Å². The minimum absolute atomic E-state index is 0.0362. The van der Waals surface area contributed by atoms with Gasteiger partial charge in [0, 0.05) is 0 Å². The summed E-state index contributed by atoms with van der Waals surface area (Å²) in [4.78, 5) is 0. The molecule has 1 atom stereocenters. The van der Waals surface area contributed by atoms with Crippen molar-refractivity contribution in [1.29, 1.82) is 0 Å². The summed E-state index contributed by atoms with van der Waals surface area (Å²) in [6.07, 6.45) is 0. The van der Waals surface area contributed by atoms with Crippen LogP contribution in [0, 0.1) is 41.5 Å². The molecule has 0 saturated heterocycles. The molecule has 0 saturated carbocycles. The third kappa shape index (κ3) is 10.3. The van der Waals surface area contributed by atoms with E-state index in [1.807, 2.05) is 3.88 Å². The van der Waals surface area contributed by atoms with Crippen LogP contribution >= 0.6 is 0 Å². The Morgan fingerprint density at radius 3 is 0.974 bits per heavy atom. The third-order valence-electron chi connectivity index (χ3n) is 19.4. The fourth-order valence-electron chi connectivity index (χ4n) is 15.6. The molecule has 0 nitrogen and oxygen atoms in total. The molecule has 78 heavy (non-hydrogen) atoms. The number of hydrogen-bond acceptors (Lipinski definition) is 0. The average molecular weight is 1170 g/mol. The Hall–Kier alpha value is -3.42. The van der Waals surface area contributed by atoms with Crippen molar-refractivity contribution in [3.8, 4) is 0 Å². The first-order valence-corrected chi connectivity index (χ1v) is 51.2. The first kappa shape index (κ1) is 62.2. The topological polar surface area (TPSA) is 0 Å². The molecule has 412 valence electrons. The van der Waals surface area contributed by atoms with E-state index >= 15 is 0 Å². The van der Waals surface area contributed by atoms with Crippen molar-refractivity contribution >= 4 is 73.8 Å². The Balaban J connectivity index is 0.000000226. The van der Waals surface area contributed by atoms with Gasteiger partial charge in [0.25, 0.3) is 0 Å². The molecule has 6 aromatic carbocycles. The summed E-state index contributed by atoms with van der Waals surface area (Å²) in [6.45, 7) is 48.5. The van der Waals surface area contributed by atoms with Gasteiger partial charge in [-0.05, 0) is 0 Å². The van der Waals surface area contributed by atoms with Gasteiger partial charge in [-0.3, -0.25) is 0 Å². The molecule has 0 heterocycles. The number of benzene rings is 6. The zero-order chi connectivity index (χ0) is 58.3. The maximum absolute atomic E-state index is 2.69. The fraction of sp³-hybridized carbons (Fsp3) is 0.389. The number of rotatable bonds is 12. The van der Waals surface area contributed by atoms with Gasteiger partial charge in [0.2, 0.25) is 0 Å². The molecule has 8 rings (SSSR count). The van der Waals surface area contributed by atoms with Crippen molar-refractivity contribution in [2.24, 2.45) is 0 Å². The summed E-state index contributed by atoms with van der Waals surface area (Å²) in [5, 5.41) is 28.5. The van der Waals surface area contributed by atoms with Crippen molar-refractivity contribution in [2.75, 3.05) is 0 Å². The minimum atomic E-state index is -2.69. The summed E-state index contributed by atoms with van der Waals surface area (Å²) in [6, 6.07) is 54.3. The van der Waals surface area contributed by atoms with Crippen LogP contribution in [0.1, 0.15) is 88.8 Å². The first-order valence-electron chi connectivity index (χ1n) is 29.2. The van der Waals surface area contributed by atoms with E-state index < -0.39 is 65.5 Å². The summed E-state index contributed by atoms with van der Waals surface area (Å²) < 4.78 is 1.87. The van der Waals surface area contributed by atoms with Crippen LogP contribution in [0.5, 0.6) is 0 Å². The summed E-state index contributed by atoms with van der Waals surface area (Å²) in [5.74, 6) is 0. The van der Waals surface area contributed by atoms with Crippen LogP contribution in [-0.4, -0.2) is 32.3 Å². The van der Waals surface area contributed by atoms with Gasteiger partial charge in [-0.15, -0.1) is 0 Å². The van der Waals surface area contributed by atoms with Gasteiger partial charge in [-0.1, -0.05) is 0 Å². The van der Waals surface area contributed by atoms with Crippen molar-refractivity contribution in [3.63, 3.8) is 0 Å². The Bertz CT molecular complexity index is 3290. The van der Waals surface area contributed by atoms with Crippen LogP contribution in [0.2, 0.25) is 79.0 Å². The van der Waals surface area contributed by atoms with Crippen molar-refractivity contribution in [2.45, 2.75) is 176 Å². The third-order valence-corrected chi connectivity index (χ3v) is 48.1. The monoisotopic (exact) mass is 1170 g/mol. The summed E-state index contributed by atoms with van der Waals surface area (Å²) in [7, 11) is -8.47. The van der Waals surface area contributed by atoms with Crippen LogP contribution in [-0.2, 0) is 33.2 Å². The quantitative estimate of drug-likeness (QED) is 0.0846. The molecule has 0 radical (unpaired) electrons. The molecule has 1 unspecified atom stereocenters. The van der Waals surface area contributed by atoms with Crippen LogP contribution in [0.15, 0.2) is 176 Å². The number of hydrogen-bond donors (Lipinski definition) is 0. The fourth-order valence-corrected chi connectivity index (χ4v) is 50.4. The first-order chi connectivity index (χ1) is 35.9. The molecular weight excluding hydrogens is 1070 g/mol. The van der Waals surface area contributed by atoms with Gasteiger partial charge in [-0.2, -0.15) is 0 Å². The zero-order valence-corrected chi connectivity index (χ0v) is 60.8. The molecule has 0 N–H and O–H groups in total. The van der Waals surface area contributed by atoms with Crippen LogP contribution in [0.3, 0.4) is 0 Å². The van der Waals surface area contributed by atoms with E-state index in [2.05, 4.69) is 301 Å². The van der Waals surface area contributed by atoms with Crippen molar-refractivity contribution < 1.29 is 33.2 Å². The molecule has 2 aliphatic carbocycles. The molecule has 0 bridgehead atoms. The predicted octanol–water partition coefficient (Wildman–Crippen LogP) is 16.6. The van der Waals surface area contributed by atoms with E-state index in [4.69, 9.17) is 0 Å². The van der Waals surface area contributed by atoms with Gasteiger partial charge in [0.05, 0.1) is 0 Å². The van der Waals surface area contributed by atoms with Crippen LogP contribution in [0.25, 0.3) is 0 Å². The van der Waals surface area contributed by atoms with Crippen LogP contribution in [0.4, 0.5) is 0 Å². The Morgan fingerprint density at radius 1 is 0.308 bits per heavy atom. The molecule has 2 aliphatic rings. The van der Waals surface area contributed by atoms with Gasteiger partial charge in [0.15, 0.2) is 0 Å². The molecule has 0 amide bonds. The molecule has 0 spiro atoms. The van der Waals surface area contributed by atoms with Gasteiger partial charge in [0.1, 0.15) is 0 Å². The SMILES string of the molecule is CC1=C(C)C(C)([Si](c2cccc(C)c2)(c2cccc(C)c2)c2cc(C)cc([Si](C)(C)C)c2)[C]([Ti]([CH3])([CH3])[CH3])=C1C.CC1=C(C)[C]([Si](c2ccc(C)cc2)(c2ccc(C)cc2)c2cc(C)cc([Si](C)(C)C)c2)([Ti]([CH3])([CH3])[CH3])C(C)=C1C. The van der Waals surface area contributed by atoms with Crippen LogP contribution < -0.4 is 41.5 Å². The molecule has 0 aliphatic heterocycles. The van der Waals surface area contributed by atoms with E-state index in [0.29, 0.717) is 0 Å². The Kier molecular flexibility index (Phi) is 17.6. The molecular formula is C72H100Si4Ti2. The van der Waals surface area contributed by atoms with E-state index in [1.54, 1.807) is 63.8 Å². The second-order valence-corrected chi connectivity index (χ2v) is 63.9. The van der Waals surface area contributed by atoms with E-state index in [1.165, 1.54) is 50.1 Å². The number of allylic oxidation sites excluding steroid dienone is 8. The summed E-state index contributed by atoms with van der Waals surface area (Å²) in [5.41, 5.74) is 19.3. The Morgan fingerprint density at radius 2 is 0.641 bits per heavy atom. The second kappa shape index (κ2) is 22.0. The maximum atomic E-state index is 2.69. The Labute approximate surface area is 488 Å². The average Bonchev–Trinajstić information content (AvgIpc) is 3.68. The normalized spacial score (nSPS) is 17.6. The van der Waals surface area contributed by atoms with Crippen molar-refractivity contribution in [3.05, 3.63) is 210 Å². The molecule has 0 aromatic heterocycles. The predicted molar refractivity (Wildman–Crippen MR) is 356 cm³/mol. The van der Waals surface area contributed by atoms with Gasteiger partial charge >= 0.3 is 493 Å². The van der Waals surface area contributed by atoms with Gasteiger partial charge < -0.3 is 0 Å². The second-order valence-electron chi connectivity index (χ2n) is 28.8. The molecule has 0 fully saturated rings. The van der Waals surface area contributed by atoms with E-state index in [-0.39, 0.29) is 8.38 Å². The molecule has 6 aromatic rings. The zero-order valence-electron chi connectivity index (χ0n) is 53.7. The summed E-state index contributed by atoms with van der Waals surface area (Å²) >= 11 is -4.93. The van der Waals surface area contributed by atoms with Crippen molar-refractivity contribution in [1.82, 2.24) is 0 Å². The standard InChI is InChI=1S/2C33H41Si2.6CH3.2Ti/c1-22-11-15-29(16-12-22)35(30-17-13-23(2)14-18-30,33-27(6)25(4)26(5)28(33)7)32-20-24(3)19-31(21-32)34(8,9)10;1-23-13-11-15-29(17-23)35(30-16-12-14-24(2)18-30,33(7)22-26(4)27(5)28(33)6)32-20-25(3)19-31(21-32)34(8,9)10;;;;;;;;/h2*11-21H,1-10H3;6*1H3;;. The molecule has 6 heteroatoms.